The summed E-state index contributed by atoms with van der Waals surface area (Å²) in [6, 6.07) is 20.2. The Morgan fingerprint density at radius 2 is 1.58 bits per heavy atom. The molecule has 1 aliphatic rings. The smallest absolute Gasteiger partial charge is 0.263 e. The first-order valence-electron chi connectivity index (χ1n) is 12.7. The van der Waals surface area contributed by atoms with E-state index < -0.39 is 41.1 Å². The van der Waals surface area contributed by atoms with Gasteiger partial charge in [0.1, 0.15) is 11.6 Å². The number of halogens is 2. The van der Waals surface area contributed by atoms with Crippen LogP contribution in [-0.2, 0) is 15.1 Å². The van der Waals surface area contributed by atoms with Gasteiger partial charge in [-0.3, -0.25) is 14.5 Å². The number of nitrogens with two attached hydrogens (primary N) is 1. The lowest BCUT2D eigenvalue weighted by Crippen LogP contribution is -2.63. The van der Waals surface area contributed by atoms with Crippen LogP contribution in [0.15, 0.2) is 78.9 Å². The lowest BCUT2D eigenvalue weighted by molar-refractivity contribution is -0.162. The minimum absolute atomic E-state index is 0.269. The molecule has 0 spiro atoms. The summed E-state index contributed by atoms with van der Waals surface area (Å²) >= 11 is 0. The molecule has 0 unspecified atom stereocenters. The number of hydrogen-bond acceptors (Lipinski definition) is 5. The Labute approximate surface area is 221 Å². The highest BCUT2D eigenvalue weighted by molar-refractivity contribution is 6.01. The molecule has 4 atom stereocenters. The van der Waals surface area contributed by atoms with Crippen LogP contribution in [0.2, 0.25) is 0 Å². The molecule has 38 heavy (non-hydrogen) atoms. The second-order valence-corrected chi connectivity index (χ2v) is 10.0. The minimum Gasteiger partial charge on any atom is -0.378 e. The maximum Gasteiger partial charge on any atom is 0.263 e. The molecular weight excluding hydrogens is 488 g/mol. The zero-order chi connectivity index (χ0) is 27.4. The van der Waals surface area contributed by atoms with Gasteiger partial charge in [-0.2, -0.15) is 0 Å². The highest BCUT2D eigenvalue weighted by Crippen LogP contribution is 2.48. The predicted molar refractivity (Wildman–Crippen MR) is 141 cm³/mol. The number of likely N-dealkylation sites (N-methyl/N-ethyl adjacent to an activating group) is 1. The lowest BCUT2D eigenvalue weighted by Gasteiger charge is -2.49. The molecule has 4 rings (SSSR count). The maximum absolute atomic E-state index is 14.2. The third-order valence-corrected chi connectivity index (χ3v) is 7.26. The number of carbonyl (C=O) groups is 2. The fourth-order valence-corrected chi connectivity index (χ4v) is 5.61. The zero-order valence-electron chi connectivity index (χ0n) is 21.6. The molecule has 1 heterocycles. The monoisotopic (exact) mass is 521 g/mol. The first kappa shape index (κ1) is 27.6. The van der Waals surface area contributed by atoms with Crippen LogP contribution in [0, 0.1) is 11.6 Å². The molecule has 200 valence electrons. The normalized spacial score (nSPS) is 21.8. The molecule has 3 aromatic carbocycles. The van der Waals surface area contributed by atoms with Gasteiger partial charge < -0.3 is 15.7 Å². The summed E-state index contributed by atoms with van der Waals surface area (Å²) in [6.07, 6.45) is -0.547. The summed E-state index contributed by atoms with van der Waals surface area (Å²) in [5, 5.41) is 11.2. The van der Waals surface area contributed by atoms with Crippen molar-refractivity contribution in [3.8, 4) is 0 Å². The van der Waals surface area contributed by atoms with Crippen molar-refractivity contribution in [1.29, 1.82) is 0 Å². The summed E-state index contributed by atoms with van der Waals surface area (Å²) in [5.41, 5.74) is 6.17. The van der Waals surface area contributed by atoms with Crippen LogP contribution in [0.5, 0.6) is 0 Å². The van der Waals surface area contributed by atoms with E-state index in [1.807, 2.05) is 67.7 Å². The van der Waals surface area contributed by atoms with Crippen LogP contribution in [0.4, 0.5) is 8.78 Å². The quantitative estimate of drug-likeness (QED) is 0.510. The van der Waals surface area contributed by atoms with E-state index in [1.54, 1.807) is 0 Å². The van der Waals surface area contributed by atoms with E-state index in [1.165, 1.54) is 6.92 Å². The van der Waals surface area contributed by atoms with E-state index in [4.69, 9.17) is 5.73 Å². The molecule has 3 N–H and O–H groups in total. The lowest BCUT2D eigenvalue weighted by atomic mass is 9.71. The Balaban J connectivity index is 2.00. The summed E-state index contributed by atoms with van der Waals surface area (Å²) in [7, 11) is 1.92. The van der Waals surface area contributed by atoms with Crippen molar-refractivity contribution in [1.82, 2.24) is 9.80 Å². The number of nitrogens with zero attached hydrogens (tertiary/aromatic N) is 2. The van der Waals surface area contributed by atoms with Gasteiger partial charge in [-0.25, -0.2) is 8.78 Å². The summed E-state index contributed by atoms with van der Waals surface area (Å²) in [4.78, 5) is 31.3. The van der Waals surface area contributed by atoms with Crippen molar-refractivity contribution in [2.75, 3.05) is 20.1 Å². The van der Waals surface area contributed by atoms with Gasteiger partial charge in [-0.1, -0.05) is 60.7 Å². The molecule has 3 aromatic rings. The van der Waals surface area contributed by atoms with Crippen molar-refractivity contribution in [3.05, 3.63) is 107 Å². The molecule has 0 aromatic heterocycles. The van der Waals surface area contributed by atoms with E-state index in [-0.39, 0.29) is 18.0 Å². The fraction of sp³-hybridized carbons (Fsp3) is 0.333. The predicted octanol–water partition coefficient (Wildman–Crippen LogP) is 4.11. The van der Waals surface area contributed by atoms with E-state index >= 15 is 0 Å². The van der Waals surface area contributed by atoms with E-state index in [2.05, 4.69) is 4.90 Å². The molecule has 2 amide bonds. The van der Waals surface area contributed by atoms with Crippen molar-refractivity contribution in [2.45, 2.75) is 43.4 Å². The Bertz CT molecular complexity index is 1250. The Kier molecular flexibility index (Phi) is 8.35. The maximum atomic E-state index is 14.2. The standard InChI is InChI=1S/C30H33F2N3O3/c1-20(33)28(37)35(29(38)27(36)22-16-24(31)18-25(32)17-22)30(23-12-7-4-8-13-23)19-34(2)15-9-14-26(30)21-10-5-3-6-11-21/h3-8,10-13,16-18,20,26-27,36H,9,14-15,19,33H2,1-2H3/t20-,26+,27+,30+/m0/s1. The second kappa shape index (κ2) is 11.5. The van der Waals surface area contributed by atoms with Gasteiger partial charge in [-0.15, -0.1) is 0 Å². The minimum atomic E-state index is -1.99. The summed E-state index contributed by atoms with van der Waals surface area (Å²) in [6.45, 7) is 2.47. The Morgan fingerprint density at radius 1 is 1.00 bits per heavy atom. The van der Waals surface area contributed by atoms with Crippen LogP contribution in [0.3, 0.4) is 0 Å². The Morgan fingerprint density at radius 3 is 2.16 bits per heavy atom. The topological polar surface area (TPSA) is 86.9 Å². The molecule has 0 bridgehead atoms. The SMILES string of the molecule is C[C@H](N)C(=O)N(C(=O)[C@H](O)c1cc(F)cc(F)c1)[C@@]1(c2ccccc2)CN(C)CCC[C@@H]1c1ccccc1. The van der Waals surface area contributed by atoms with Crippen LogP contribution >= 0.6 is 0 Å². The van der Waals surface area contributed by atoms with Gasteiger partial charge in [0.15, 0.2) is 6.10 Å². The highest BCUT2D eigenvalue weighted by Gasteiger charge is 2.53. The number of amides is 2. The van der Waals surface area contributed by atoms with E-state index in [0.29, 0.717) is 18.1 Å². The average molecular weight is 522 g/mol. The largest absolute Gasteiger partial charge is 0.378 e. The molecule has 1 fully saturated rings. The van der Waals surface area contributed by atoms with Crippen LogP contribution < -0.4 is 5.73 Å². The number of likely N-dealkylation sites (tertiary alicyclic amines) is 1. The molecule has 0 aliphatic carbocycles. The average Bonchev–Trinajstić information content (AvgIpc) is 3.07. The second-order valence-electron chi connectivity index (χ2n) is 10.0. The molecule has 1 aliphatic heterocycles. The summed E-state index contributed by atoms with van der Waals surface area (Å²) < 4.78 is 28.1. The van der Waals surface area contributed by atoms with Crippen LogP contribution in [0.1, 0.15) is 48.5 Å². The molecular formula is C30H33F2N3O3. The zero-order valence-corrected chi connectivity index (χ0v) is 21.6. The number of benzene rings is 3. The van der Waals surface area contributed by atoms with Gasteiger partial charge >= 0.3 is 0 Å². The van der Waals surface area contributed by atoms with Gasteiger partial charge in [-0.05, 0) is 62.2 Å². The third kappa shape index (κ3) is 5.38. The number of aliphatic hydroxyl groups is 1. The van der Waals surface area contributed by atoms with Crippen LogP contribution in [-0.4, -0.2) is 52.9 Å². The van der Waals surface area contributed by atoms with Gasteiger partial charge in [0.05, 0.1) is 11.6 Å². The van der Waals surface area contributed by atoms with Gasteiger partial charge in [0.2, 0.25) is 5.91 Å². The first-order chi connectivity index (χ1) is 18.1. The Hall–Kier alpha value is -3.46. The molecule has 1 saturated heterocycles. The fourth-order valence-electron chi connectivity index (χ4n) is 5.61. The molecule has 6 nitrogen and oxygen atoms in total. The van der Waals surface area contributed by atoms with Crippen molar-refractivity contribution in [2.24, 2.45) is 5.73 Å². The molecule has 0 saturated carbocycles. The van der Waals surface area contributed by atoms with Crippen molar-refractivity contribution < 1.29 is 23.5 Å². The molecule has 8 heteroatoms. The highest BCUT2D eigenvalue weighted by atomic mass is 19.1. The molecule has 0 radical (unpaired) electrons. The summed E-state index contributed by atoms with van der Waals surface area (Å²) in [5.74, 6) is -3.90. The van der Waals surface area contributed by atoms with E-state index in [9.17, 15) is 23.5 Å². The number of carbonyl (C=O) groups excluding carboxylic acids is 2. The number of hydrogen-bond donors (Lipinski definition) is 2. The van der Waals surface area contributed by atoms with Gasteiger partial charge in [0, 0.05) is 18.5 Å². The number of imide groups is 1. The van der Waals surface area contributed by atoms with Gasteiger partial charge in [0.25, 0.3) is 5.91 Å². The first-order valence-corrected chi connectivity index (χ1v) is 12.7. The van der Waals surface area contributed by atoms with Crippen molar-refractivity contribution in [3.63, 3.8) is 0 Å². The van der Waals surface area contributed by atoms with Crippen LogP contribution in [0.25, 0.3) is 0 Å². The number of aliphatic hydroxyl groups excluding tert-OH is 1. The number of rotatable bonds is 6. The third-order valence-electron chi connectivity index (χ3n) is 7.26. The van der Waals surface area contributed by atoms with E-state index in [0.717, 1.165) is 35.6 Å². The van der Waals surface area contributed by atoms with Crippen molar-refractivity contribution >= 4 is 11.8 Å².